The highest BCUT2D eigenvalue weighted by Gasteiger charge is 2.11. The van der Waals surface area contributed by atoms with Gasteiger partial charge in [0.1, 0.15) is 17.3 Å². The second-order valence-electron chi connectivity index (χ2n) is 4.22. The van der Waals surface area contributed by atoms with Crippen LogP contribution in [-0.4, -0.2) is 43.9 Å². The Morgan fingerprint density at radius 2 is 2.05 bits per heavy atom. The number of amides is 1. The summed E-state index contributed by atoms with van der Waals surface area (Å²) in [6.45, 7) is 0.499. The lowest BCUT2D eigenvalue weighted by atomic mass is 10.2. The van der Waals surface area contributed by atoms with E-state index in [1.165, 1.54) is 13.2 Å². The normalized spacial score (nSPS) is 12.2. The number of anilines is 1. The van der Waals surface area contributed by atoms with Gasteiger partial charge < -0.3 is 20.5 Å². The molecule has 0 heterocycles. The molecule has 1 unspecified atom stereocenters. The third-order valence-corrected chi connectivity index (χ3v) is 2.53. The van der Waals surface area contributed by atoms with Crippen molar-refractivity contribution in [3.8, 4) is 0 Å². The fourth-order valence-corrected chi connectivity index (χ4v) is 1.55. The first-order valence-electron chi connectivity index (χ1n) is 6.16. The second kappa shape index (κ2) is 8.57. The first-order chi connectivity index (χ1) is 9.54. The first-order valence-corrected chi connectivity index (χ1v) is 6.16. The number of aliphatic hydroxyl groups excluding tert-OH is 1. The van der Waals surface area contributed by atoms with Crippen LogP contribution in [0.2, 0.25) is 0 Å². The largest absolute Gasteiger partial charge is 0.391 e. The highest BCUT2D eigenvalue weighted by molar-refractivity contribution is 5.92. The molecule has 0 saturated carbocycles. The van der Waals surface area contributed by atoms with Crippen LogP contribution in [0.1, 0.15) is 6.42 Å². The fourth-order valence-electron chi connectivity index (χ4n) is 1.55. The van der Waals surface area contributed by atoms with Crippen LogP contribution in [0.25, 0.3) is 0 Å². The molecule has 20 heavy (non-hydrogen) atoms. The van der Waals surface area contributed by atoms with Gasteiger partial charge in [0.15, 0.2) is 0 Å². The Kier molecular flexibility index (Phi) is 7.06. The van der Waals surface area contributed by atoms with E-state index >= 15 is 0 Å². The van der Waals surface area contributed by atoms with E-state index in [9.17, 15) is 18.7 Å². The number of carbonyl (C=O) groups is 1. The Morgan fingerprint density at radius 3 is 2.65 bits per heavy atom. The van der Waals surface area contributed by atoms with Gasteiger partial charge in [-0.05, 0) is 25.1 Å². The van der Waals surface area contributed by atoms with Crippen molar-refractivity contribution < 1.29 is 23.4 Å². The number of ether oxygens (including phenoxy) is 1. The molecule has 0 aliphatic heterocycles. The maximum Gasteiger partial charge on any atom is 0.238 e. The van der Waals surface area contributed by atoms with E-state index in [2.05, 4.69) is 10.6 Å². The van der Waals surface area contributed by atoms with Crippen molar-refractivity contribution in [3.05, 3.63) is 29.8 Å². The first kappa shape index (κ1) is 16.5. The van der Waals surface area contributed by atoms with Gasteiger partial charge in [-0.2, -0.15) is 0 Å². The van der Waals surface area contributed by atoms with Crippen molar-refractivity contribution >= 4 is 11.6 Å². The highest BCUT2D eigenvalue weighted by Crippen LogP contribution is 2.17. The Balaban J connectivity index is 2.30. The molecular weight excluding hydrogens is 270 g/mol. The maximum absolute atomic E-state index is 13.3. The molecule has 0 spiro atoms. The third-order valence-electron chi connectivity index (χ3n) is 2.53. The molecule has 1 rings (SSSR count). The lowest BCUT2D eigenvalue weighted by Crippen LogP contribution is -2.31. The van der Waals surface area contributed by atoms with Crippen molar-refractivity contribution in [3.63, 3.8) is 0 Å². The van der Waals surface area contributed by atoms with Gasteiger partial charge in [0.25, 0.3) is 0 Å². The minimum atomic E-state index is -0.825. The van der Waals surface area contributed by atoms with Crippen molar-refractivity contribution in [2.75, 3.05) is 32.1 Å². The summed E-state index contributed by atoms with van der Waals surface area (Å²) in [4.78, 5) is 11.5. The Hall–Kier alpha value is -1.57. The molecule has 0 bridgehead atoms. The highest BCUT2D eigenvalue weighted by atomic mass is 19.1. The third kappa shape index (κ3) is 5.60. The van der Waals surface area contributed by atoms with Crippen molar-refractivity contribution in [1.82, 2.24) is 5.32 Å². The zero-order valence-corrected chi connectivity index (χ0v) is 11.2. The SMILES string of the molecule is COCC(O)CCNCC(=O)Nc1c(F)cccc1F. The van der Waals surface area contributed by atoms with Crippen LogP contribution in [0, 0.1) is 11.6 Å². The molecule has 3 N–H and O–H groups in total. The van der Waals surface area contributed by atoms with E-state index in [0.29, 0.717) is 13.0 Å². The lowest BCUT2D eigenvalue weighted by molar-refractivity contribution is -0.115. The number of para-hydroxylation sites is 1. The van der Waals surface area contributed by atoms with Crippen LogP contribution < -0.4 is 10.6 Å². The molecule has 1 atom stereocenters. The van der Waals surface area contributed by atoms with Crippen molar-refractivity contribution in [2.45, 2.75) is 12.5 Å². The van der Waals surface area contributed by atoms with Gasteiger partial charge in [-0.25, -0.2) is 8.78 Å². The zero-order chi connectivity index (χ0) is 15.0. The monoisotopic (exact) mass is 288 g/mol. The quantitative estimate of drug-likeness (QED) is 0.621. The molecule has 7 heteroatoms. The molecule has 0 aliphatic rings. The van der Waals surface area contributed by atoms with E-state index in [1.54, 1.807) is 0 Å². The standard InChI is InChI=1S/C13H18F2N2O3/c1-20-8-9(18)5-6-16-7-12(19)17-13-10(14)3-2-4-11(13)15/h2-4,9,16,18H,5-8H2,1H3,(H,17,19). The molecule has 1 aromatic rings. The van der Waals surface area contributed by atoms with Gasteiger partial charge in [-0.1, -0.05) is 6.07 Å². The zero-order valence-electron chi connectivity index (χ0n) is 11.2. The molecule has 1 amide bonds. The molecule has 5 nitrogen and oxygen atoms in total. The van der Waals surface area contributed by atoms with E-state index in [1.807, 2.05) is 0 Å². The summed E-state index contributed by atoms with van der Waals surface area (Å²) < 4.78 is 31.3. The number of rotatable bonds is 8. The van der Waals surface area contributed by atoms with Crippen LogP contribution >= 0.6 is 0 Å². The fraction of sp³-hybridized carbons (Fsp3) is 0.462. The molecule has 112 valence electrons. The summed E-state index contributed by atoms with van der Waals surface area (Å²) in [5.41, 5.74) is -0.460. The number of hydrogen-bond donors (Lipinski definition) is 3. The Labute approximate surface area is 115 Å². The van der Waals surface area contributed by atoms with Crippen molar-refractivity contribution in [1.29, 1.82) is 0 Å². The predicted molar refractivity (Wildman–Crippen MR) is 70.4 cm³/mol. The number of halogens is 2. The summed E-state index contributed by atoms with van der Waals surface area (Å²) in [6.07, 6.45) is -0.200. The average Bonchev–Trinajstić information content (AvgIpc) is 2.39. The summed E-state index contributed by atoms with van der Waals surface area (Å²) in [5, 5.41) is 14.3. The minimum absolute atomic E-state index is 0.104. The van der Waals surface area contributed by atoms with Crippen LogP contribution in [0.15, 0.2) is 18.2 Å². The summed E-state index contributed by atoms with van der Waals surface area (Å²) >= 11 is 0. The summed E-state index contributed by atoms with van der Waals surface area (Å²) in [5.74, 6) is -2.21. The number of hydrogen-bond acceptors (Lipinski definition) is 4. The van der Waals surface area contributed by atoms with Gasteiger partial charge in [-0.3, -0.25) is 4.79 Å². The van der Waals surface area contributed by atoms with Crippen LogP contribution in [0.3, 0.4) is 0 Å². The number of nitrogens with one attached hydrogen (secondary N) is 2. The number of aliphatic hydroxyl groups is 1. The van der Waals surface area contributed by atoms with E-state index in [-0.39, 0.29) is 13.2 Å². The molecular formula is C13H18F2N2O3. The molecule has 1 aromatic carbocycles. The summed E-state index contributed by atoms with van der Waals surface area (Å²) in [6, 6.07) is 3.34. The van der Waals surface area contributed by atoms with Crippen LogP contribution in [0.5, 0.6) is 0 Å². The smallest absolute Gasteiger partial charge is 0.238 e. The van der Waals surface area contributed by atoms with E-state index in [0.717, 1.165) is 12.1 Å². The molecule has 0 radical (unpaired) electrons. The second-order valence-corrected chi connectivity index (χ2v) is 4.22. The van der Waals surface area contributed by atoms with E-state index < -0.39 is 29.3 Å². The number of methoxy groups -OCH3 is 1. The van der Waals surface area contributed by atoms with Gasteiger partial charge in [0, 0.05) is 7.11 Å². The van der Waals surface area contributed by atoms with Gasteiger partial charge in [0.05, 0.1) is 19.3 Å². The number of benzene rings is 1. The molecule has 0 fully saturated rings. The summed E-state index contributed by atoms with van der Waals surface area (Å²) in [7, 11) is 1.48. The predicted octanol–water partition coefficient (Wildman–Crippen LogP) is 0.890. The van der Waals surface area contributed by atoms with Crippen LogP contribution in [0.4, 0.5) is 14.5 Å². The Morgan fingerprint density at radius 1 is 1.40 bits per heavy atom. The van der Waals surface area contributed by atoms with Gasteiger partial charge >= 0.3 is 0 Å². The van der Waals surface area contributed by atoms with E-state index in [4.69, 9.17) is 4.74 Å². The topological polar surface area (TPSA) is 70.6 Å². The van der Waals surface area contributed by atoms with Gasteiger partial charge in [-0.15, -0.1) is 0 Å². The van der Waals surface area contributed by atoms with Crippen LogP contribution in [-0.2, 0) is 9.53 Å². The number of carbonyl (C=O) groups excluding carboxylic acids is 1. The lowest BCUT2D eigenvalue weighted by Gasteiger charge is -2.10. The Bertz CT molecular complexity index is 423. The molecule has 0 aliphatic carbocycles. The minimum Gasteiger partial charge on any atom is -0.391 e. The average molecular weight is 288 g/mol. The molecule has 0 aromatic heterocycles. The molecule has 0 saturated heterocycles. The maximum atomic E-state index is 13.3. The van der Waals surface area contributed by atoms with Crippen molar-refractivity contribution in [2.24, 2.45) is 0 Å². The van der Waals surface area contributed by atoms with Gasteiger partial charge in [0.2, 0.25) is 5.91 Å².